The average Bonchev–Trinajstić information content (AvgIpc) is 2.90. The Hall–Kier alpha value is -2.92. The van der Waals surface area contributed by atoms with Crippen molar-refractivity contribution in [1.82, 2.24) is 9.80 Å². The van der Waals surface area contributed by atoms with Gasteiger partial charge in [-0.25, -0.2) is 0 Å². The van der Waals surface area contributed by atoms with E-state index < -0.39 is 0 Å². The second kappa shape index (κ2) is 7.98. The van der Waals surface area contributed by atoms with Crippen LogP contribution in [0.2, 0.25) is 0 Å². The molecule has 5 heteroatoms. The number of hydrogen-bond donors (Lipinski definition) is 1. The minimum atomic E-state index is -0.324. The van der Waals surface area contributed by atoms with Crippen molar-refractivity contribution in [2.75, 3.05) is 20.2 Å². The molecule has 146 valence electrons. The van der Waals surface area contributed by atoms with Gasteiger partial charge in [0.1, 0.15) is 5.70 Å². The molecule has 0 unspecified atom stereocenters. The molecule has 0 saturated heterocycles. The Morgan fingerprint density at radius 3 is 2.21 bits per heavy atom. The van der Waals surface area contributed by atoms with Crippen molar-refractivity contribution in [2.24, 2.45) is 0 Å². The van der Waals surface area contributed by atoms with Crippen LogP contribution < -0.4 is 0 Å². The Labute approximate surface area is 165 Å². The first-order chi connectivity index (χ1) is 13.3. The van der Waals surface area contributed by atoms with Crippen LogP contribution in [-0.2, 0) is 16.1 Å². The van der Waals surface area contributed by atoms with Gasteiger partial charge in [0, 0.05) is 13.6 Å². The Balaban J connectivity index is 2.03. The normalized spacial score (nSPS) is 14.2. The van der Waals surface area contributed by atoms with Gasteiger partial charge in [-0.3, -0.25) is 14.5 Å². The summed E-state index contributed by atoms with van der Waals surface area (Å²) in [5.41, 5.74) is 5.69. The third-order valence-electron chi connectivity index (χ3n) is 5.22. The highest BCUT2D eigenvalue weighted by molar-refractivity contribution is 6.35. The van der Waals surface area contributed by atoms with Crippen molar-refractivity contribution >= 4 is 17.4 Å². The molecule has 2 aromatic rings. The number of carbonyl (C=O) groups excluding carboxylic acids is 2. The van der Waals surface area contributed by atoms with E-state index in [1.54, 1.807) is 11.9 Å². The maximum Gasteiger partial charge on any atom is 0.278 e. The number of aryl methyl sites for hydroxylation is 3. The highest BCUT2D eigenvalue weighted by atomic mass is 16.3. The zero-order chi connectivity index (χ0) is 20.4. The van der Waals surface area contributed by atoms with Gasteiger partial charge in [-0.05, 0) is 43.0 Å². The smallest absolute Gasteiger partial charge is 0.278 e. The summed E-state index contributed by atoms with van der Waals surface area (Å²) in [5, 5.41) is 9.34. The molecule has 0 bridgehead atoms. The van der Waals surface area contributed by atoms with Crippen LogP contribution in [0.15, 0.2) is 48.2 Å². The van der Waals surface area contributed by atoms with Gasteiger partial charge in [0.05, 0.1) is 18.7 Å². The van der Waals surface area contributed by atoms with Crippen LogP contribution in [0.25, 0.3) is 5.57 Å². The quantitative estimate of drug-likeness (QED) is 0.786. The minimum Gasteiger partial charge on any atom is -0.395 e. The van der Waals surface area contributed by atoms with Crippen molar-refractivity contribution in [3.05, 3.63) is 76.0 Å². The lowest BCUT2D eigenvalue weighted by Gasteiger charge is -2.20. The summed E-state index contributed by atoms with van der Waals surface area (Å²) in [6, 6.07) is 13.6. The predicted octanol–water partition coefficient (Wildman–Crippen LogP) is 2.82. The highest BCUT2D eigenvalue weighted by Crippen LogP contribution is 2.32. The van der Waals surface area contributed by atoms with Crippen LogP contribution in [0, 0.1) is 20.8 Å². The molecular weight excluding hydrogens is 352 g/mol. The molecule has 2 aromatic carbocycles. The van der Waals surface area contributed by atoms with Crippen LogP contribution >= 0.6 is 0 Å². The van der Waals surface area contributed by atoms with Crippen LogP contribution in [0.5, 0.6) is 0 Å². The summed E-state index contributed by atoms with van der Waals surface area (Å²) in [6.45, 7) is 6.40. The van der Waals surface area contributed by atoms with E-state index in [4.69, 9.17) is 0 Å². The molecule has 28 heavy (non-hydrogen) atoms. The summed E-state index contributed by atoms with van der Waals surface area (Å²) < 4.78 is 0. The number of hydrogen-bond acceptors (Lipinski definition) is 4. The number of imide groups is 1. The molecule has 1 aliphatic rings. The minimum absolute atomic E-state index is 0.0976. The summed E-state index contributed by atoms with van der Waals surface area (Å²) in [4.78, 5) is 29.4. The Morgan fingerprint density at radius 1 is 0.929 bits per heavy atom. The molecule has 1 aliphatic heterocycles. The number of aliphatic hydroxyl groups excluding tert-OH is 1. The van der Waals surface area contributed by atoms with E-state index in [9.17, 15) is 14.7 Å². The third kappa shape index (κ3) is 3.71. The Kier molecular flexibility index (Phi) is 5.66. The molecule has 0 aliphatic carbocycles. The number of nitrogens with zero attached hydrogens (tertiary/aromatic N) is 2. The van der Waals surface area contributed by atoms with Gasteiger partial charge in [-0.15, -0.1) is 0 Å². The van der Waals surface area contributed by atoms with E-state index in [0.717, 1.165) is 27.8 Å². The van der Waals surface area contributed by atoms with Gasteiger partial charge in [0.2, 0.25) is 0 Å². The van der Waals surface area contributed by atoms with Crippen molar-refractivity contribution in [2.45, 2.75) is 27.3 Å². The van der Waals surface area contributed by atoms with E-state index in [2.05, 4.69) is 0 Å². The van der Waals surface area contributed by atoms with E-state index in [0.29, 0.717) is 11.3 Å². The summed E-state index contributed by atoms with van der Waals surface area (Å²) in [7, 11) is 1.73. The lowest BCUT2D eigenvalue weighted by Crippen LogP contribution is -2.34. The maximum atomic E-state index is 13.3. The number of amides is 2. The number of aliphatic hydroxyl groups is 1. The number of carbonyl (C=O) groups is 2. The third-order valence-corrected chi connectivity index (χ3v) is 5.22. The average molecular weight is 378 g/mol. The molecule has 0 saturated carbocycles. The fraction of sp³-hybridized carbons (Fsp3) is 0.304. The van der Waals surface area contributed by atoms with Gasteiger partial charge in [-0.1, -0.05) is 48.0 Å². The first kappa shape index (κ1) is 19.8. The van der Waals surface area contributed by atoms with E-state index in [1.165, 1.54) is 4.90 Å². The van der Waals surface area contributed by atoms with Gasteiger partial charge in [-0.2, -0.15) is 0 Å². The molecule has 2 amide bonds. The molecule has 1 heterocycles. The first-order valence-electron chi connectivity index (χ1n) is 9.39. The van der Waals surface area contributed by atoms with E-state index in [1.807, 2.05) is 63.2 Å². The van der Waals surface area contributed by atoms with E-state index in [-0.39, 0.29) is 31.5 Å². The van der Waals surface area contributed by atoms with Gasteiger partial charge in [0.25, 0.3) is 11.8 Å². The summed E-state index contributed by atoms with van der Waals surface area (Å²) in [5.74, 6) is -0.622. The zero-order valence-corrected chi connectivity index (χ0v) is 16.8. The number of benzene rings is 2. The zero-order valence-electron chi connectivity index (χ0n) is 16.8. The van der Waals surface area contributed by atoms with Crippen LogP contribution in [0.4, 0.5) is 0 Å². The van der Waals surface area contributed by atoms with Crippen molar-refractivity contribution in [3.63, 3.8) is 0 Å². The van der Waals surface area contributed by atoms with Crippen LogP contribution in [0.3, 0.4) is 0 Å². The fourth-order valence-electron chi connectivity index (χ4n) is 3.36. The lowest BCUT2D eigenvalue weighted by atomic mass is 9.99. The second-order valence-electron chi connectivity index (χ2n) is 7.35. The van der Waals surface area contributed by atoms with Crippen molar-refractivity contribution in [1.29, 1.82) is 0 Å². The number of likely N-dealkylation sites (N-methyl/N-ethyl adjacent to an activating group) is 1. The van der Waals surface area contributed by atoms with Crippen molar-refractivity contribution in [3.8, 4) is 0 Å². The predicted molar refractivity (Wildman–Crippen MR) is 109 cm³/mol. The van der Waals surface area contributed by atoms with Crippen LogP contribution in [-0.4, -0.2) is 46.9 Å². The molecule has 1 N–H and O–H groups in total. The van der Waals surface area contributed by atoms with Gasteiger partial charge in [0.15, 0.2) is 0 Å². The molecule has 3 rings (SSSR count). The Morgan fingerprint density at radius 2 is 1.61 bits per heavy atom. The Bertz CT molecular complexity index is 945. The maximum absolute atomic E-state index is 13.3. The van der Waals surface area contributed by atoms with Gasteiger partial charge < -0.3 is 10.0 Å². The molecule has 0 aromatic heterocycles. The first-order valence-corrected chi connectivity index (χ1v) is 9.39. The number of rotatable bonds is 6. The molecule has 0 spiro atoms. The topological polar surface area (TPSA) is 60.9 Å². The molecule has 0 fully saturated rings. The monoisotopic (exact) mass is 378 g/mol. The standard InChI is InChI=1S/C23H26N2O3/c1-15-5-8-18(9-6-15)14-25-22(27)20(19-10-7-16(2)17(3)13-19)21(23(25)28)24(4)11-12-26/h5-10,13,26H,11-12,14H2,1-4H3. The summed E-state index contributed by atoms with van der Waals surface area (Å²) >= 11 is 0. The SMILES string of the molecule is Cc1ccc(CN2C(=O)C(c3ccc(C)c(C)c3)=C(N(C)CCO)C2=O)cc1. The summed E-state index contributed by atoms with van der Waals surface area (Å²) in [6.07, 6.45) is 0. The van der Waals surface area contributed by atoms with Crippen molar-refractivity contribution < 1.29 is 14.7 Å². The highest BCUT2D eigenvalue weighted by Gasteiger charge is 2.40. The van der Waals surface area contributed by atoms with Crippen LogP contribution in [0.1, 0.15) is 27.8 Å². The molecule has 5 nitrogen and oxygen atoms in total. The van der Waals surface area contributed by atoms with Gasteiger partial charge >= 0.3 is 0 Å². The molecule has 0 atom stereocenters. The fourth-order valence-corrected chi connectivity index (χ4v) is 3.36. The van der Waals surface area contributed by atoms with E-state index >= 15 is 0 Å². The largest absolute Gasteiger partial charge is 0.395 e. The second-order valence-corrected chi connectivity index (χ2v) is 7.35. The molecular formula is C23H26N2O3. The lowest BCUT2D eigenvalue weighted by molar-refractivity contribution is -0.138. The molecule has 0 radical (unpaired) electrons.